The molecule has 0 spiro atoms. The fraction of sp³-hybridized carbons (Fsp3) is 0.316. The minimum absolute atomic E-state index is 0.0111. The Kier molecular flexibility index (Phi) is 5.06. The van der Waals surface area contributed by atoms with Gasteiger partial charge in [-0.25, -0.2) is 0 Å². The lowest BCUT2D eigenvalue weighted by Gasteiger charge is -2.30. The van der Waals surface area contributed by atoms with E-state index in [9.17, 15) is 4.79 Å². The minimum atomic E-state index is -0.0111. The van der Waals surface area contributed by atoms with Crippen LogP contribution in [0.5, 0.6) is 5.75 Å². The van der Waals surface area contributed by atoms with Crippen LogP contribution in [0.1, 0.15) is 12.8 Å². The fourth-order valence-corrected chi connectivity index (χ4v) is 4.08. The molecule has 1 saturated heterocycles. The molecule has 0 bridgehead atoms. The Hall–Kier alpha value is -2.87. The Morgan fingerprint density at radius 2 is 1.81 bits per heavy atom. The molecule has 0 unspecified atom stereocenters. The fourth-order valence-electron chi connectivity index (χ4n) is 3.22. The van der Waals surface area contributed by atoms with Crippen LogP contribution in [0.3, 0.4) is 0 Å². The Morgan fingerprint density at radius 1 is 1.11 bits per heavy atom. The summed E-state index contributed by atoms with van der Waals surface area (Å²) in [6, 6.07) is 11.4. The van der Waals surface area contributed by atoms with Gasteiger partial charge in [0.05, 0.1) is 12.8 Å². The highest BCUT2D eigenvalue weighted by Gasteiger charge is 2.27. The predicted molar refractivity (Wildman–Crippen MR) is 106 cm³/mol. The zero-order valence-corrected chi connectivity index (χ0v) is 15.9. The van der Waals surface area contributed by atoms with Crippen molar-refractivity contribution in [3.8, 4) is 10.9 Å². The van der Waals surface area contributed by atoms with Gasteiger partial charge in [0.15, 0.2) is 0 Å². The van der Waals surface area contributed by atoms with Crippen molar-refractivity contribution in [2.45, 2.75) is 12.8 Å². The van der Waals surface area contributed by atoms with Crippen LogP contribution in [0.4, 0.5) is 10.8 Å². The van der Waals surface area contributed by atoms with Crippen LogP contribution < -0.4 is 15.0 Å². The summed E-state index contributed by atoms with van der Waals surface area (Å²) in [5.41, 5.74) is 0.716. The van der Waals surface area contributed by atoms with Gasteiger partial charge in [-0.2, -0.15) is 0 Å². The number of aromatic nitrogens is 3. The number of ether oxygens (including phenoxy) is 1. The maximum absolute atomic E-state index is 12.6. The topological polar surface area (TPSA) is 72.3 Å². The van der Waals surface area contributed by atoms with Crippen LogP contribution in [0.15, 0.2) is 48.8 Å². The Balaban J connectivity index is 1.35. The first-order chi connectivity index (χ1) is 13.2. The van der Waals surface area contributed by atoms with Gasteiger partial charge in [-0.3, -0.25) is 9.36 Å². The van der Waals surface area contributed by atoms with Crippen molar-refractivity contribution in [3.05, 3.63) is 48.8 Å². The van der Waals surface area contributed by atoms with Crippen molar-refractivity contribution in [3.63, 3.8) is 0 Å². The summed E-state index contributed by atoms with van der Waals surface area (Å²) < 4.78 is 7.26. The summed E-state index contributed by atoms with van der Waals surface area (Å²) in [7, 11) is 1.60. The van der Waals surface area contributed by atoms with E-state index >= 15 is 0 Å². The van der Waals surface area contributed by atoms with Crippen molar-refractivity contribution in [1.82, 2.24) is 14.8 Å². The highest BCUT2D eigenvalue weighted by Crippen LogP contribution is 2.29. The lowest BCUT2D eigenvalue weighted by Crippen LogP contribution is -2.38. The quantitative estimate of drug-likeness (QED) is 0.733. The Morgan fingerprint density at radius 3 is 2.56 bits per heavy atom. The first-order valence-corrected chi connectivity index (χ1v) is 9.72. The molecule has 140 valence electrons. The molecule has 0 radical (unpaired) electrons. The van der Waals surface area contributed by atoms with Gasteiger partial charge in [0, 0.05) is 31.4 Å². The third-order valence-electron chi connectivity index (χ3n) is 4.73. The number of amides is 1. The number of hydrogen-bond donors (Lipinski definition) is 1. The third-order valence-corrected chi connectivity index (χ3v) is 5.73. The van der Waals surface area contributed by atoms with Crippen molar-refractivity contribution in [1.29, 1.82) is 0 Å². The molecular weight excluding hydrogens is 362 g/mol. The molecule has 3 aromatic rings. The normalized spacial score (nSPS) is 14.9. The first-order valence-electron chi connectivity index (χ1n) is 8.90. The number of carbonyl (C=O) groups is 1. The van der Waals surface area contributed by atoms with Gasteiger partial charge >= 0.3 is 0 Å². The number of hydrogen-bond acceptors (Lipinski definition) is 6. The molecule has 4 rings (SSSR count). The molecule has 3 heterocycles. The second kappa shape index (κ2) is 7.79. The molecule has 1 N–H and O–H groups in total. The van der Waals surface area contributed by atoms with Gasteiger partial charge < -0.3 is 15.0 Å². The number of anilines is 2. The molecule has 27 heavy (non-hydrogen) atoms. The number of piperidine rings is 1. The molecule has 1 aliphatic heterocycles. The van der Waals surface area contributed by atoms with E-state index in [1.807, 2.05) is 53.4 Å². The zero-order valence-electron chi connectivity index (χ0n) is 15.0. The molecule has 1 aromatic carbocycles. The van der Waals surface area contributed by atoms with Crippen LogP contribution in [0.25, 0.3) is 5.13 Å². The molecule has 1 amide bonds. The summed E-state index contributed by atoms with van der Waals surface area (Å²) in [4.78, 5) is 14.8. The lowest BCUT2D eigenvalue weighted by atomic mass is 9.96. The number of carbonyl (C=O) groups excluding carboxylic acids is 1. The van der Waals surface area contributed by atoms with Gasteiger partial charge in [0.1, 0.15) is 5.75 Å². The molecule has 1 fully saturated rings. The maximum Gasteiger partial charge on any atom is 0.227 e. The monoisotopic (exact) mass is 383 g/mol. The zero-order chi connectivity index (χ0) is 18.6. The highest BCUT2D eigenvalue weighted by molar-refractivity contribution is 7.17. The summed E-state index contributed by atoms with van der Waals surface area (Å²) in [5, 5.41) is 13.3. The average molecular weight is 383 g/mol. The van der Waals surface area contributed by atoms with E-state index in [2.05, 4.69) is 20.4 Å². The first kappa shape index (κ1) is 17.5. The van der Waals surface area contributed by atoms with Crippen LogP contribution in [-0.2, 0) is 4.79 Å². The van der Waals surface area contributed by atoms with E-state index in [4.69, 9.17) is 4.74 Å². The van der Waals surface area contributed by atoms with Crippen LogP contribution in [0.2, 0.25) is 0 Å². The average Bonchev–Trinajstić information content (AvgIpc) is 3.40. The standard InChI is InChI=1S/C19H21N5O2S/c1-26-16-7-3-2-6-15(16)20-17(25)14-8-12-24(13-9-14)19-22-21-18(27-19)23-10-4-5-11-23/h2-7,10-11,14H,8-9,12-13H2,1H3,(H,20,25). The number of methoxy groups -OCH3 is 1. The van der Waals surface area contributed by atoms with Gasteiger partial charge in [-0.1, -0.05) is 23.5 Å². The van der Waals surface area contributed by atoms with E-state index < -0.39 is 0 Å². The van der Waals surface area contributed by atoms with Crippen molar-refractivity contribution >= 4 is 28.1 Å². The smallest absolute Gasteiger partial charge is 0.227 e. The van der Waals surface area contributed by atoms with Crippen LogP contribution in [-0.4, -0.2) is 40.9 Å². The van der Waals surface area contributed by atoms with E-state index in [1.54, 1.807) is 18.4 Å². The van der Waals surface area contributed by atoms with Gasteiger partial charge in [-0.05, 0) is 37.1 Å². The second-order valence-corrected chi connectivity index (χ2v) is 7.34. The minimum Gasteiger partial charge on any atom is -0.495 e. The van der Waals surface area contributed by atoms with E-state index in [0.29, 0.717) is 11.4 Å². The summed E-state index contributed by atoms with van der Waals surface area (Å²) >= 11 is 1.56. The maximum atomic E-state index is 12.6. The molecule has 0 saturated carbocycles. The number of nitrogens with one attached hydrogen (secondary N) is 1. The van der Waals surface area contributed by atoms with Crippen molar-refractivity contribution in [2.24, 2.45) is 5.92 Å². The Labute approximate surface area is 161 Å². The Bertz CT molecular complexity index is 900. The molecule has 0 atom stereocenters. The predicted octanol–water partition coefficient (Wildman–Crippen LogP) is 3.19. The van der Waals surface area contributed by atoms with E-state index in [1.165, 1.54) is 0 Å². The highest BCUT2D eigenvalue weighted by atomic mass is 32.1. The second-order valence-electron chi connectivity index (χ2n) is 6.41. The van der Waals surface area contributed by atoms with Gasteiger partial charge in [0.2, 0.25) is 16.2 Å². The number of nitrogens with zero attached hydrogens (tertiary/aromatic N) is 4. The summed E-state index contributed by atoms with van der Waals surface area (Å²) in [5.74, 6) is 0.710. The largest absolute Gasteiger partial charge is 0.495 e. The number of benzene rings is 1. The molecular formula is C19H21N5O2S. The molecule has 2 aromatic heterocycles. The summed E-state index contributed by atoms with van der Waals surface area (Å²) in [6.45, 7) is 1.59. The van der Waals surface area contributed by atoms with Crippen molar-refractivity contribution in [2.75, 3.05) is 30.4 Å². The summed E-state index contributed by atoms with van der Waals surface area (Å²) in [6.07, 6.45) is 5.50. The van der Waals surface area contributed by atoms with E-state index in [0.717, 1.165) is 36.2 Å². The molecule has 0 aliphatic carbocycles. The molecule has 7 nitrogen and oxygen atoms in total. The SMILES string of the molecule is COc1ccccc1NC(=O)C1CCN(c2nnc(-n3cccc3)s2)CC1. The van der Waals surface area contributed by atoms with Gasteiger partial charge in [0.25, 0.3) is 0 Å². The third kappa shape index (κ3) is 3.80. The van der Waals surface area contributed by atoms with Crippen molar-refractivity contribution < 1.29 is 9.53 Å². The van der Waals surface area contributed by atoms with Crippen LogP contribution >= 0.6 is 11.3 Å². The van der Waals surface area contributed by atoms with Gasteiger partial charge in [-0.15, -0.1) is 10.2 Å². The molecule has 1 aliphatic rings. The number of para-hydroxylation sites is 2. The van der Waals surface area contributed by atoms with Crippen LogP contribution in [0, 0.1) is 5.92 Å². The molecule has 8 heteroatoms. The number of rotatable bonds is 5. The lowest BCUT2D eigenvalue weighted by molar-refractivity contribution is -0.120. The van der Waals surface area contributed by atoms with E-state index in [-0.39, 0.29) is 11.8 Å².